The molecule has 4 aromatic heterocycles. The minimum Gasteiger partial charge on any atom is -0.362 e. The van der Waals surface area contributed by atoms with Gasteiger partial charge in [-0.05, 0) is 56.1 Å². The minimum atomic E-state index is 0.189. The van der Waals surface area contributed by atoms with E-state index in [-0.39, 0.29) is 11.3 Å². The third kappa shape index (κ3) is 3.66. The molecule has 142 valence electrons. The third-order valence-corrected chi connectivity index (χ3v) is 4.61. The van der Waals surface area contributed by atoms with Crippen LogP contribution in [0.3, 0.4) is 0 Å². The van der Waals surface area contributed by atoms with Crippen LogP contribution in [-0.4, -0.2) is 29.5 Å². The molecule has 1 N–H and O–H groups in total. The minimum absolute atomic E-state index is 0.189. The van der Waals surface area contributed by atoms with Crippen molar-refractivity contribution in [2.75, 3.05) is 5.32 Å². The van der Waals surface area contributed by atoms with Gasteiger partial charge in [0.1, 0.15) is 0 Å². The SMILES string of the molecule is Cc1cc(-c2ccc(CNc3nc(Cl)nc4c3ncn4C(C)C)nc2)ccn1. The van der Waals surface area contributed by atoms with Gasteiger partial charge in [-0.1, -0.05) is 6.07 Å². The molecule has 0 saturated heterocycles. The first kappa shape index (κ1) is 18.3. The molecule has 0 unspecified atom stereocenters. The van der Waals surface area contributed by atoms with Crippen molar-refractivity contribution in [1.29, 1.82) is 0 Å². The van der Waals surface area contributed by atoms with Gasteiger partial charge in [0.15, 0.2) is 17.0 Å². The second kappa shape index (κ2) is 7.52. The first-order valence-corrected chi connectivity index (χ1v) is 9.41. The molecule has 0 atom stereocenters. The van der Waals surface area contributed by atoms with Crippen LogP contribution in [0, 0.1) is 6.92 Å². The molecule has 4 rings (SSSR count). The molecule has 4 aromatic rings. The lowest BCUT2D eigenvalue weighted by atomic mass is 10.1. The second-order valence-electron chi connectivity index (χ2n) is 6.84. The number of pyridine rings is 2. The van der Waals surface area contributed by atoms with E-state index in [1.807, 2.05) is 35.9 Å². The lowest BCUT2D eigenvalue weighted by molar-refractivity contribution is 0.612. The van der Waals surface area contributed by atoms with E-state index in [9.17, 15) is 0 Å². The van der Waals surface area contributed by atoms with Crippen LogP contribution in [0.15, 0.2) is 43.0 Å². The summed E-state index contributed by atoms with van der Waals surface area (Å²) in [4.78, 5) is 21.8. The zero-order valence-electron chi connectivity index (χ0n) is 15.9. The van der Waals surface area contributed by atoms with Gasteiger partial charge < -0.3 is 9.88 Å². The summed E-state index contributed by atoms with van der Waals surface area (Å²) in [5, 5.41) is 3.47. The third-order valence-electron chi connectivity index (χ3n) is 4.44. The van der Waals surface area contributed by atoms with Gasteiger partial charge in [-0.25, -0.2) is 4.98 Å². The van der Waals surface area contributed by atoms with Gasteiger partial charge in [0.2, 0.25) is 5.28 Å². The Morgan fingerprint density at radius 3 is 2.64 bits per heavy atom. The predicted molar refractivity (Wildman–Crippen MR) is 110 cm³/mol. The standard InChI is InChI=1S/C20H20ClN7/c1-12(2)28-11-25-17-18(26-20(21)27-19(17)28)24-10-16-5-4-15(9-23-16)14-6-7-22-13(3)8-14/h4-9,11-12H,10H2,1-3H3,(H,24,26,27). The van der Waals surface area contributed by atoms with E-state index in [1.165, 1.54) is 0 Å². The van der Waals surface area contributed by atoms with Crippen LogP contribution >= 0.6 is 11.6 Å². The van der Waals surface area contributed by atoms with Crippen LogP contribution in [0.1, 0.15) is 31.3 Å². The quantitative estimate of drug-likeness (QED) is 0.505. The van der Waals surface area contributed by atoms with Crippen molar-refractivity contribution in [2.45, 2.75) is 33.4 Å². The van der Waals surface area contributed by atoms with Gasteiger partial charge in [0.05, 0.1) is 18.6 Å². The lowest BCUT2D eigenvalue weighted by Crippen LogP contribution is -2.06. The largest absolute Gasteiger partial charge is 0.362 e. The number of nitrogens with zero attached hydrogens (tertiary/aromatic N) is 6. The van der Waals surface area contributed by atoms with Gasteiger partial charge in [-0.3, -0.25) is 9.97 Å². The Morgan fingerprint density at radius 2 is 1.93 bits per heavy atom. The highest BCUT2D eigenvalue weighted by Crippen LogP contribution is 2.24. The number of aromatic nitrogens is 6. The van der Waals surface area contributed by atoms with E-state index < -0.39 is 0 Å². The fraction of sp³-hybridized carbons (Fsp3) is 0.250. The molecule has 0 aliphatic heterocycles. The molecule has 8 heteroatoms. The van der Waals surface area contributed by atoms with Gasteiger partial charge in [-0.15, -0.1) is 0 Å². The molecule has 0 saturated carbocycles. The van der Waals surface area contributed by atoms with Gasteiger partial charge in [0.25, 0.3) is 0 Å². The van der Waals surface area contributed by atoms with Crippen molar-refractivity contribution in [1.82, 2.24) is 29.5 Å². The molecular weight excluding hydrogens is 374 g/mol. The first-order chi connectivity index (χ1) is 13.5. The van der Waals surface area contributed by atoms with Gasteiger partial charge in [-0.2, -0.15) is 9.97 Å². The smallest absolute Gasteiger partial charge is 0.226 e. The number of aryl methyl sites for hydroxylation is 1. The van der Waals surface area contributed by atoms with Crippen LogP contribution < -0.4 is 5.32 Å². The molecule has 0 bridgehead atoms. The molecule has 0 fully saturated rings. The molecule has 0 spiro atoms. The highest BCUT2D eigenvalue weighted by molar-refractivity contribution is 6.28. The average molecular weight is 394 g/mol. The monoisotopic (exact) mass is 393 g/mol. The van der Waals surface area contributed by atoms with Crippen molar-refractivity contribution in [3.05, 3.63) is 59.7 Å². The van der Waals surface area contributed by atoms with E-state index in [2.05, 4.69) is 50.2 Å². The fourth-order valence-corrected chi connectivity index (χ4v) is 3.15. The van der Waals surface area contributed by atoms with E-state index in [0.29, 0.717) is 23.5 Å². The van der Waals surface area contributed by atoms with Crippen molar-refractivity contribution < 1.29 is 0 Å². The second-order valence-corrected chi connectivity index (χ2v) is 7.17. The summed E-state index contributed by atoms with van der Waals surface area (Å²) in [5.41, 5.74) is 5.44. The Hall–Kier alpha value is -3.06. The summed E-state index contributed by atoms with van der Waals surface area (Å²) in [6.45, 7) is 6.62. The normalized spacial score (nSPS) is 11.3. The molecule has 0 amide bonds. The van der Waals surface area contributed by atoms with E-state index >= 15 is 0 Å². The number of imidazole rings is 1. The van der Waals surface area contributed by atoms with Crippen molar-refractivity contribution in [3.63, 3.8) is 0 Å². The number of hydrogen-bond donors (Lipinski definition) is 1. The predicted octanol–water partition coefficient (Wildman–Crippen LogP) is 4.44. The van der Waals surface area contributed by atoms with Crippen molar-refractivity contribution >= 4 is 28.6 Å². The maximum Gasteiger partial charge on any atom is 0.226 e. The average Bonchev–Trinajstić information content (AvgIpc) is 3.10. The molecule has 0 aliphatic rings. The van der Waals surface area contributed by atoms with E-state index in [4.69, 9.17) is 11.6 Å². The van der Waals surface area contributed by atoms with Crippen LogP contribution in [0.2, 0.25) is 5.28 Å². The summed E-state index contributed by atoms with van der Waals surface area (Å²) in [7, 11) is 0. The molecule has 7 nitrogen and oxygen atoms in total. The summed E-state index contributed by atoms with van der Waals surface area (Å²) in [6, 6.07) is 8.29. The number of anilines is 1. The van der Waals surface area contributed by atoms with Gasteiger partial charge >= 0.3 is 0 Å². The maximum absolute atomic E-state index is 6.12. The van der Waals surface area contributed by atoms with Crippen LogP contribution in [0.25, 0.3) is 22.3 Å². The summed E-state index contributed by atoms with van der Waals surface area (Å²) in [6.07, 6.45) is 5.43. The van der Waals surface area contributed by atoms with Crippen molar-refractivity contribution in [2.24, 2.45) is 0 Å². The van der Waals surface area contributed by atoms with E-state index in [0.717, 1.165) is 22.5 Å². The highest BCUT2D eigenvalue weighted by Gasteiger charge is 2.14. The zero-order chi connectivity index (χ0) is 19.7. The summed E-state index contributed by atoms with van der Waals surface area (Å²) >= 11 is 6.12. The number of halogens is 1. The summed E-state index contributed by atoms with van der Waals surface area (Å²) < 4.78 is 1.97. The summed E-state index contributed by atoms with van der Waals surface area (Å²) in [5.74, 6) is 0.602. The number of hydrogen-bond acceptors (Lipinski definition) is 6. The lowest BCUT2D eigenvalue weighted by Gasteiger charge is -2.09. The Morgan fingerprint density at radius 1 is 1.07 bits per heavy atom. The molecule has 28 heavy (non-hydrogen) atoms. The van der Waals surface area contributed by atoms with Crippen LogP contribution in [0.5, 0.6) is 0 Å². The molecule has 0 aliphatic carbocycles. The fourth-order valence-electron chi connectivity index (χ4n) is 2.99. The number of rotatable bonds is 5. The maximum atomic E-state index is 6.12. The Bertz CT molecular complexity index is 1120. The first-order valence-electron chi connectivity index (χ1n) is 9.03. The molecule has 4 heterocycles. The molecule has 0 aromatic carbocycles. The Kier molecular flexibility index (Phi) is 4.92. The van der Waals surface area contributed by atoms with E-state index in [1.54, 1.807) is 12.5 Å². The molecule has 0 radical (unpaired) electrons. The van der Waals surface area contributed by atoms with Gasteiger partial charge in [0, 0.05) is 29.7 Å². The zero-order valence-corrected chi connectivity index (χ0v) is 16.6. The number of nitrogens with one attached hydrogen (secondary N) is 1. The topological polar surface area (TPSA) is 81.4 Å². The van der Waals surface area contributed by atoms with Crippen LogP contribution in [-0.2, 0) is 6.54 Å². The Balaban J connectivity index is 1.55. The number of fused-ring (bicyclic) bond motifs is 1. The van der Waals surface area contributed by atoms with Crippen molar-refractivity contribution in [3.8, 4) is 11.1 Å². The Labute approximate surface area is 167 Å². The molecular formula is C20H20ClN7. The highest BCUT2D eigenvalue weighted by atomic mass is 35.5. The van der Waals surface area contributed by atoms with Crippen LogP contribution in [0.4, 0.5) is 5.82 Å².